The van der Waals surface area contributed by atoms with Gasteiger partial charge in [0.05, 0.1) is 5.69 Å². The first-order chi connectivity index (χ1) is 11.6. The van der Waals surface area contributed by atoms with Crippen LogP contribution in [-0.2, 0) is 11.8 Å². The van der Waals surface area contributed by atoms with E-state index in [4.69, 9.17) is 0 Å². The van der Waals surface area contributed by atoms with Crippen LogP contribution in [0.3, 0.4) is 0 Å². The highest BCUT2D eigenvalue weighted by Gasteiger charge is 2.57. The molecule has 1 saturated carbocycles. The Balaban J connectivity index is 0.00000182. The van der Waals surface area contributed by atoms with Crippen molar-refractivity contribution in [2.75, 3.05) is 18.4 Å². The molecule has 1 saturated heterocycles. The van der Waals surface area contributed by atoms with Gasteiger partial charge < -0.3 is 10.6 Å². The van der Waals surface area contributed by atoms with Gasteiger partial charge in [0.25, 0.3) is 0 Å². The van der Waals surface area contributed by atoms with Crippen molar-refractivity contribution in [3.63, 3.8) is 0 Å². The third kappa shape index (κ3) is 3.31. The number of aryl methyl sites for hydroxylation is 2. The highest BCUT2D eigenvalue weighted by molar-refractivity contribution is 5.95. The van der Waals surface area contributed by atoms with Crippen LogP contribution in [0.1, 0.15) is 24.8 Å². The second-order valence-corrected chi connectivity index (χ2v) is 7.21. The minimum atomic E-state index is 0. The van der Waals surface area contributed by atoms with Gasteiger partial charge in [-0.2, -0.15) is 5.10 Å². The van der Waals surface area contributed by atoms with E-state index in [0.29, 0.717) is 0 Å². The standard InChI is InChI=1S/C19H24N4O.ClH/c1-13-5-3-4-6-14(13)16-11-17(23(2)22-16)21-18(24)15-12-19(15)7-9-20-10-8-19;/h3-6,11,15,20H,7-10,12H2,1-2H3,(H,21,24);1H. The fourth-order valence-electron chi connectivity index (χ4n) is 3.99. The third-order valence-corrected chi connectivity index (χ3v) is 5.66. The van der Waals surface area contributed by atoms with Gasteiger partial charge in [-0.25, -0.2) is 0 Å². The first-order valence-corrected chi connectivity index (χ1v) is 8.71. The highest BCUT2D eigenvalue weighted by atomic mass is 35.5. The van der Waals surface area contributed by atoms with E-state index >= 15 is 0 Å². The molecule has 1 spiro atoms. The summed E-state index contributed by atoms with van der Waals surface area (Å²) in [4.78, 5) is 12.6. The number of rotatable bonds is 3. The van der Waals surface area contributed by atoms with Crippen molar-refractivity contribution < 1.29 is 4.79 Å². The smallest absolute Gasteiger partial charge is 0.229 e. The molecule has 2 aliphatic rings. The molecule has 1 atom stereocenters. The summed E-state index contributed by atoms with van der Waals surface area (Å²) in [6.07, 6.45) is 3.26. The maximum atomic E-state index is 12.6. The Kier molecular flexibility index (Phi) is 4.89. The zero-order valence-corrected chi connectivity index (χ0v) is 15.5. The minimum Gasteiger partial charge on any atom is -0.317 e. The van der Waals surface area contributed by atoms with Crippen molar-refractivity contribution >= 4 is 24.1 Å². The largest absolute Gasteiger partial charge is 0.317 e. The Morgan fingerprint density at radius 2 is 2.04 bits per heavy atom. The lowest BCUT2D eigenvalue weighted by molar-refractivity contribution is -0.118. The Bertz CT molecular complexity index is 779. The Morgan fingerprint density at radius 1 is 1.32 bits per heavy atom. The molecule has 2 fully saturated rings. The zero-order valence-electron chi connectivity index (χ0n) is 14.7. The first kappa shape index (κ1) is 18.0. The topological polar surface area (TPSA) is 59.0 Å². The van der Waals surface area contributed by atoms with Crippen LogP contribution in [0, 0.1) is 18.3 Å². The number of benzene rings is 1. The van der Waals surface area contributed by atoms with E-state index in [0.717, 1.165) is 49.4 Å². The maximum absolute atomic E-state index is 12.6. The van der Waals surface area contributed by atoms with Crippen molar-refractivity contribution in [2.45, 2.75) is 26.2 Å². The van der Waals surface area contributed by atoms with Gasteiger partial charge in [-0.05, 0) is 50.3 Å². The predicted octanol–water partition coefficient (Wildman–Crippen LogP) is 3.15. The summed E-state index contributed by atoms with van der Waals surface area (Å²) in [5.74, 6) is 1.09. The van der Waals surface area contributed by atoms with Crippen LogP contribution >= 0.6 is 12.4 Å². The number of piperidine rings is 1. The van der Waals surface area contributed by atoms with Gasteiger partial charge in [0.15, 0.2) is 0 Å². The third-order valence-electron chi connectivity index (χ3n) is 5.66. The van der Waals surface area contributed by atoms with Crippen LogP contribution in [-0.4, -0.2) is 28.8 Å². The second kappa shape index (κ2) is 6.81. The Labute approximate surface area is 154 Å². The summed E-state index contributed by atoms with van der Waals surface area (Å²) in [6, 6.07) is 10.1. The van der Waals surface area contributed by atoms with E-state index < -0.39 is 0 Å². The summed E-state index contributed by atoms with van der Waals surface area (Å²) in [5.41, 5.74) is 3.45. The fourth-order valence-corrected chi connectivity index (χ4v) is 3.99. The average Bonchev–Trinajstić information content (AvgIpc) is 3.15. The second-order valence-electron chi connectivity index (χ2n) is 7.21. The van der Waals surface area contributed by atoms with Crippen molar-refractivity contribution in [2.24, 2.45) is 18.4 Å². The number of hydrogen-bond donors (Lipinski definition) is 2. The molecule has 2 aromatic rings. The van der Waals surface area contributed by atoms with E-state index in [1.54, 1.807) is 4.68 Å². The molecule has 25 heavy (non-hydrogen) atoms. The van der Waals surface area contributed by atoms with Gasteiger partial charge in [0.2, 0.25) is 5.91 Å². The van der Waals surface area contributed by atoms with Crippen LogP contribution in [0.15, 0.2) is 30.3 Å². The molecule has 0 radical (unpaired) electrons. The van der Waals surface area contributed by atoms with Gasteiger partial charge in [-0.15, -0.1) is 12.4 Å². The number of halogens is 1. The number of hydrogen-bond acceptors (Lipinski definition) is 3. The fraction of sp³-hybridized carbons (Fsp3) is 0.474. The number of aromatic nitrogens is 2. The number of amides is 1. The zero-order chi connectivity index (χ0) is 16.7. The summed E-state index contributed by atoms with van der Waals surface area (Å²) < 4.78 is 1.76. The molecule has 2 heterocycles. The molecule has 1 aromatic heterocycles. The van der Waals surface area contributed by atoms with Crippen molar-refractivity contribution in [3.05, 3.63) is 35.9 Å². The molecule has 5 nitrogen and oxygen atoms in total. The normalized spacial score (nSPS) is 20.8. The Hall–Kier alpha value is -1.85. The van der Waals surface area contributed by atoms with Gasteiger partial charge >= 0.3 is 0 Å². The van der Waals surface area contributed by atoms with Crippen LogP contribution in [0.2, 0.25) is 0 Å². The van der Waals surface area contributed by atoms with Crippen LogP contribution in [0.25, 0.3) is 11.3 Å². The summed E-state index contributed by atoms with van der Waals surface area (Å²) in [5, 5.41) is 11.0. The SMILES string of the molecule is Cc1ccccc1-c1cc(NC(=O)C2CC23CCNCC3)n(C)n1.Cl. The van der Waals surface area contributed by atoms with Crippen LogP contribution in [0.4, 0.5) is 5.82 Å². The quantitative estimate of drug-likeness (QED) is 0.884. The summed E-state index contributed by atoms with van der Waals surface area (Å²) in [7, 11) is 1.88. The molecular weight excluding hydrogens is 336 g/mol. The van der Waals surface area contributed by atoms with Gasteiger partial charge in [0, 0.05) is 24.6 Å². The number of anilines is 1. The molecule has 2 N–H and O–H groups in total. The molecule has 1 aliphatic carbocycles. The molecular formula is C19H25ClN4O. The lowest BCUT2D eigenvalue weighted by atomic mass is 9.92. The molecule has 0 bridgehead atoms. The molecule has 6 heteroatoms. The van der Waals surface area contributed by atoms with Gasteiger partial charge in [-0.1, -0.05) is 24.3 Å². The monoisotopic (exact) mass is 360 g/mol. The van der Waals surface area contributed by atoms with Crippen LogP contribution in [0.5, 0.6) is 0 Å². The lowest BCUT2D eigenvalue weighted by Gasteiger charge is -2.23. The van der Waals surface area contributed by atoms with E-state index in [-0.39, 0.29) is 29.6 Å². The number of nitrogens with one attached hydrogen (secondary N) is 2. The van der Waals surface area contributed by atoms with E-state index in [1.807, 2.05) is 25.2 Å². The maximum Gasteiger partial charge on any atom is 0.229 e. The highest BCUT2D eigenvalue weighted by Crippen LogP contribution is 2.58. The molecule has 1 amide bonds. The number of nitrogens with zero attached hydrogens (tertiary/aromatic N) is 2. The molecule has 1 unspecified atom stereocenters. The summed E-state index contributed by atoms with van der Waals surface area (Å²) >= 11 is 0. The van der Waals surface area contributed by atoms with E-state index in [9.17, 15) is 4.79 Å². The van der Waals surface area contributed by atoms with E-state index in [1.165, 1.54) is 5.56 Å². The van der Waals surface area contributed by atoms with Crippen molar-refractivity contribution in [1.82, 2.24) is 15.1 Å². The van der Waals surface area contributed by atoms with Crippen molar-refractivity contribution in [3.8, 4) is 11.3 Å². The lowest BCUT2D eigenvalue weighted by Crippen LogP contribution is -2.31. The minimum absolute atomic E-state index is 0. The molecule has 1 aliphatic heterocycles. The number of carbonyl (C=O) groups is 1. The Morgan fingerprint density at radius 3 is 2.76 bits per heavy atom. The van der Waals surface area contributed by atoms with Gasteiger partial charge in [-0.3, -0.25) is 9.48 Å². The van der Waals surface area contributed by atoms with Crippen molar-refractivity contribution in [1.29, 1.82) is 0 Å². The van der Waals surface area contributed by atoms with Crippen LogP contribution < -0.4 is 10.6 Å². The number of carbonyl (C=O) groups excluding carboxylic acids is 1. The molecule has 134 valence electrons. The summed E-state index contributed by atoms with van der Waals surface area (Å²) in [6.45, 7) is 4.15. The van der Waals surface area contributed by atoms with E-state index in [2.05, 4.69) is 34.8 Å². The average molecular weight is 361 g/mol. The first-order valence-electron chi connectivity index (χ1n) is 8.71. The molecule has 1 aromatic carbocycles. The van der Waals surface area contributed by atoms with Gasteiger partial charge in [0.1, 0.15) is 5.82 Å². The predicted molar refractivity (Wildman–Crippen MR) is 102 cm³/mol. The molecule has 4 rings (SSSR count).